The molecule has 2 heteroatoms. The topological polar surface area (TPSA) is 23.5 Å². The number of aromatic hydroxyl groups is 1. The first-order valence-electron chi connectivity index (χ1n) is 13.0. The van der Waals surface area contributed by atoms with Crippen LogP contribution < -0.4 is 4.90 Å². The highest BCUT2D eigenvalue weighted by molar-refractivity contribution is 5.62. The summed E-state index contributed by atoms with van der Waals surface area (Å²) in [6.07, 6.45) is 10.1. The number of phenols is 1. The SMILES string of the molecule is C=Cc1ccc(N(CCCCCC)Cc2ccc(C#Cc3ccc(CCCC)cc3)cc2)cc1O. The molecule has 0 unspecified atom stereocenters. The van der Waals surface area contributed by atoms with Gasteiger partial charge in [0, 0.05) is 41.5 Å². The molecular formula is C33H39NO. The number of aryl methyl sites for hydroxylation is 1. The summed E-state index contributed by atoms with van der Waals surface area (Å²) < 4.78 is 0. The smallest absolute Gasteiger partial charge is 0.124 e. The maximum atomic E-state index is 10.3. The van der Waals surface area contributed by atoms with Crippen LogP contribution in [-0.2, 0) is 13.0 Å². The van der Waals surface area contributed by atoms with Crippen LogP contribution in [0.15, 0.2) is 73.3 Å². The minimum atomic E-state index is 0.278. The van der Waals surface area contributed by atoms with Crippen LogP contribution >= 0.6 is 0 Å². The van der Waals surface area contributed by atoms with Crippen molar-refractivity contribution in [3.05, 3.63) is 101 Å². The van der Waals surface area contributed by atoms with E-state index in [0.29, 0.717) is 0 Å². The van der Waals surface area contributed by atoms with Crippen molar-refractivity contribution in [1.82, 2.24) is 0 Å². The second-order valence-corrected chi connectivity index (χ2v) is 9.18. The average molecular weight is 466 g/mol. The highest BCUT2D eigenvalue weighted by Crippen LogP contribution is 2.27. The summed E-state index contributed by atoms with van der Waals surface area (Å²) >= 11 is 0. The summed E-state index contributed by atoms with van der Waals surface area (Å²) in [4.78, 5) is 2.35. The third-order valence-corrected chi connectivity index (χ3v) is 6.33. The molecule has 0 saturated heterocycles. The van der Waals surface area contributed by atoms with Gasteiger partial charge in [0.05, 0.1) is 0 Å². The van der Waals surface area contributed by atoms with Gasteiger partial charge in [-0.1, -0.05) is 88.3 Å². The molecule has 0 aliphatic rings. The number of nitrogens with zero attached hydrogens (tertiary/aromatic N) is 1. The first kappa shape index (κ1) is 26.2. The van der Waals surface area contributed by atoms with Crippen molar-refractivity contribution < 1.29 is 5.11 Å². The maximum absolute atomic E-state index is 10.3. The van der Waals surface area contributed by atoms with E-state index in [-0.39, 0.29) is 5.75 Å². The van der Waals surface area contributed by atoms with Crippen molar-refractivity contribution in [1.29, 1.82) is 0 Å². The van der Waals surface area contributed by atoms with Crippen molar-refractivity contribution in [2.45, 2.75) is 65.3 Å². The van der Waals surface area contributed by atoms with E-state index in [1.165, 1.54) is 43.2 Å². The largest absolute Gasteiger partial charge is 0.507 e. The normalized spacial score (nSPS) is 10.5. The van der Waals surface area contributed by atoms with Gasteiger partial charge in [0.25, 0.3) is 0 Å². The average Bonchev–Trinajstić information content (AvgIpc) is 2.89. The Morgan fingerprint density at radius 1 is 0.771 bits per heavy atom. The molecule has 3 aromatic carbocycles. The second-order valence-electron chi connectivity index (χ2n) is 9.18. The minimum Gasteiger partial charge on any atom is -0.507 e. The van der Waals surface area contributed by atoms with Crippen LogP contribution in [0.4, 0.5) is 5.69 Å². The Kier molecular flexibility index (Phi) is 10.5. The van der Waals surface area contributed by atoms with Gasteiger partial charge in [-0.15, -0.1) is 0 Å². The standard InChI is InChI=1S/C33H39NO/c1-4-7-9-10-24-34(32-23-22-31(6-3)33(35)25-32)26-30-20-18-29(19-21-30)17-16-28-14-12-27(13-15-28)11-8-5-2/h6,12-15,18-23,25,35H,3-5,7-11,24,26H2,1-2H3. The van der Waals surface area contributed by atoms with E-state index in [4.69, 9.17) is 0 Å². The number of hydrogen-bond donors (Lipinski definition) is 1. The zero-order valence-corrected chi connectivity index (χ0v) is 21.4. The third kappa shape index (κ3) is 8.37. The Labute approximate surface area is 212 Å². The van der Waals surface area contributed by atoms with E-state index >= 15 is 0 Å². The number of anilines is 1. The lowest BCUT2D eigenvalue weighted by Crippen LogP contribution is -2.24. The zero-order valence-electron chi connectivity index (χ0n) is 21.4. The molecule has 2 nitrogen and oxygen atoms in total. The Balaban J connectivity index is 1.68. The molecule has 0 aromatic heterocycles. The lowest BCUT2D eigenvalue weighted by molar-refractivity contribution is 0.474. The second kappa shape index (κ2) is 14.1. The van der Waals surface area contributed by atoms with Gasteiger partial charge in [-0.25, -0.2) is 0 Å². The van der Waals surface area contributed by atoms with Gasteiger partial charge in [0.15, 0.2) is 0 Å². The lowest BCUT2D eigenvalue weighted by atomic mass is 10.1. The predicted molar refractivity (Wildman–Crippen MR) is 151 cm³/mol. The summed E-state index contributed by atoms with van der Waals surface area (Å²) in [5.74, 6) is 6.87. The van der Waals surface area contributed by atoms with Crippen LogP contribution in [0.25, 0.3) is 6.08 Å². The van der Waals surface area contributed by atoms with E-state index in [0.717, 1.165) is 48.3 Å². The number of unbranched alkanes of at least 4 members (excludes halogenated alkanes) is 4. The maximum Gasteiger partial charge on any atom is 0.124 e. The van der Waals surface area contributed by atoms with Crippen LogP contribution in [0.2, 0.25) is 0 Å². The molecule has 0 spiro atoms. The fourth-order valence-electron chi connectivity index (χ4n) is 4.12. The van der Waals surface area contributed by atoms with E-state index in [2.05, 4.69) is 91.8 Å². The molecule has 0 aliphatic carbocycles. The zero-order chi connectivity index (χ0) is 24.9. The third-order valence-electron chi connectivity index (χ3n) is 6.33. The van der Waals surface area contributed by atoms with Crippen LogP contribution in [-0.4, -0.2) is 11.7 Å². The van der Waals surface area contributed by atoms with E-state index in [9.17, 15) is 5.11 Å². The molecule has 0 saturated carbocycles. The van der Waals surface area contributed by atoms with Gasteiger partial charge < -0.3 is 10.0 Å². The summed E-state index contributed by atoms with van der Waals surface area (Å²) in [5, 5.41) is 10.3. The molecule has 0 fully saturated rings. The molecule has 3 rings (SSSR count). The fraction of sp³-hybridized carbons (Fsp3) is 0.333. The highest BCUT2D eigenvalue weighted by Gasteiger charge is 2.10. The summed E-state index contributed by atoms with van der Waals surface area (Å²) in [6.45, 7) is 9.99. The van der Waals surface area contributed by atoms with E-state index < -0.39 is 0 Å². The van der Waals surface area contributed by atoms with Crippen LogP contribution in [0.3, 0.4) is 0 Å². The van der Waals surface area contributed by atoms with Crippen molar-refractivity contribution in [2.75, 3.05) is 11.4 Å². The molecule has 1 N–H and O–H groups in total. The first-order chi connectivity index (χ1) is 17.1. The van der Waals surface area contributed by atoms with Crippen molar-refractivity contribution >= 4 is 11.8 Å². The quantitative estimate of drug-likeness (QED) is 0.214. The predicted octanol–water partition coefficient (Wildman–Crippen LogP) is 8.36. The Bertz CT molecular complexity index is 1120. The number of benzene rings is 3. The number of rotatable bonds is 12. The van der Waals surface area contributed by atoms with Crippen LogP contribution in [0, 0.1) is 11.8 Å². The number of hydrogen-bond acceptors (Lipinski definition) is 2. The molecular weight excluding hydrogens is 426 g/mol. The van der Waals surface area contributed by atoms with E-state index in [1.807, 2.05) is 12.1 Å². The van der Waals surface area contributed by atoms with Gasteiger partial charge >= 0.3 is 0 Å². The summed E-state index contributed by atoms with van der Waals surface area (Å²) in [5.41, 5.74) is 6.49. The van der Waals surface area contributed by atoms with Gasteiger partial charge in [-0.05, 0) is 66.8 Å². The Hall–Kier alpha value is -3.44. The molecule has 3 aromatic rings. The Morgan fingerprint density at radius 3 is 1.97 bits per heavy atom. The molecule has 182 valence electrons. The molecule has 35 heavy (non-hydrogen) atoms. The fourth-order valence-corrected chi connectivity index (χ4v) is 4.12. The molecule has 0 heterocycles. The Morgan fingerprint density at radius 2 is 1.40 bits per heavy atom. The van der Waals surface area contributed by atoms with E-state index in [1.54, 1.807) is 6.08 Å². The first-order valence-corrected chi connectivity index (χ1v) is 13.0. The molecule has 0 aliphatic heterocycles. The van der Waals surface area contributed by atoms with Gasteiger partial charge in [-0.2, -0.15) is 0 Å². The van der Waals surface area contributed by atoms with Gasteiger partial charge in [0.2, 0.25) is 0 Å². The molecule has 0 amide bonds. The molecule has 0 radical (unpaired) electrons. The van der Waals surface area contributed by atoms with Crippen LogP contribution in [0.1, 0.15) is 80.2 Å². The van der Waals surface area contributed by atoms with Gasteiger partial charge in [0.1, 0.15) is 5.75 Å². The van der Waals surface area contributed by atoms with Crippen molar-refractivity contribution in [2.24, 2.45) is 0 Å². The van der Waals surface area contributed by atoms with Crippen molar-refractivity contribution in [3.8, 4) is 17.6 Å². The van der Waals surface area contributed by atoms with Crippen LogP contribution in [0.5, 0.6) is 5.75 Å². The summed E-state index contributed by atoms with van der Waals surface area (Å²) in [7, 11) is 0. The lowest BCUT2D eigenvalue weighted by Gasteiger charge is -2.25. The summed E-state index contributed by atoms with van der Waals surface area (Å²) in [6, 6.07) is 23.0. The highest BCUT2D eigenvalue weighted by atomic mass is 16.3. The minimum absolute atomic E-state index is 0.278. The monoisotopic (exact) mass is 465 g/mol. The van der Waals surface area contributed by atoms with Gasteiger partial charge in [-0.3, -0.25) is 0 Å². The molecule has 0 bridgehead atoms. The molecule has 0 atom stereocenters. The van der Waals surface area contributed by atoms with Crippen molar-refractivity contribution in [3.63, 3.8) is 0 Å². The number of phenolic OH excluding ortho intramolecular Hbond substituents is 1.